The molecule has 0 aliphatic carbocycles. The smallest absolute Gasteiger partial charge is 0.249 e. The minimum atomic E-state index is -0.419. The highest BCUT2D eigenvalue weighted by Crippen LogP contribution is 2.25. The summed E-state index contributed by atoms with van der Waals surface area (Å²) >= 11 is 0. The summed E-state index contributed by atoms with van der Waals surface area (Å²) in [5, 5.41) is 3.28. The van der Waals surface area contributed by atoms with Crippen molar-refractivity contribution in [2.45, 2.75) is 6.42 Å². The summed E-state index contributed by atoms with van der Waals surface area (Å²) in [6.07, 6.45) is 4.33. The van der Waals surface area contributed by atoms with Crippen molar-refractivity contribution >= 4 is 17.5 Å². The Bertz CT molecular complexity index is 1010. The normalized spacial score (nSPS) is 15.0. The number of carbonyl (C=O) groups is 1. The quantitative estimate of drug-likeness (QED) is 0.616. The number of nitrogens with one attached hydrogen (secondary N) is 1. The van der Waals surface area contributed by atoms with E-state index in [4.69, 9.17) is 5.73 Å². The van der Waals surface area contributed by atoms with Gasteiger partial charge in [-0.1, -0.05) is 36.4 Å². The second kappa shape index (κ2) is 9.68. The fraction of sp³-hybridized carbons (Fsp3) is 0.292. The fourth-order valence-corrected chi connectivity index (χ4v) is 3.84. The number of nitrogens with zero attached hydrogens (tertiary/aromatic N) is 4. The second-order valence-corrected chi connectivity index (χ2v) is 7.88. The van der Waals surface area contributed by atoms with Crippen LogP contribution in [0.1, 0.15) is 15.9 Å². The van der Waals surface area contributed by atoms with E-state index in [0.29, 0.717) is 11.5 Å². The average molecular weight is 417 g/mol. The monoisotopic (exact) mass is 416 g/mol. The van der Waals surface area contributed by atoms with E-state index in [2.05, 4.69) is 32.1 Å². The molecule has 3 aromatic rings. The Balaban J connectivity index is 1.52. The van der Waals surface area contributed by atoms with Gasteiger partial charge >= 0.3 is 0 Å². The lowest BCUT2D eigenvalue weighted by molar-refractivity contribution is 0.0999. The number of piperazine rings is 1. The molecule has 0 bridgehead atoms. The van der Waals surface area contributed by atoms with Crippen LogP contribution in [0.15, 0.2) is 60.9 Å². The van der Waals surface area contributed by atoms with Crippen LogP contribution in [-0.2, 0) is 6.42 Å². The number of aromatic nitrogens is 2. The van der Waals surface area contributed by atoms with Gasteiger partial charge < -0.3 is 20.9 Å². The molecule has 0 atom stereocenters. The van der Waals surface area contributed by atoms with E-state index >= 15 is 0 Å². The van der Waals surface area contributed by atoms with Crippen LogP contribution in [0, 0.1) is 0 Å². The van der Waals surface area contributed by atoms with Gasteiger partial charge in [0.1, 0.15) is 0 Å². The molecule has 2 aromatic carbocycles. The lowest BCUT2D eigenvalue weighted by atomic mass is 10.0. The van der Waals surface area contributed by atoms with Crippen molar-refractivity contribution in [3.8, 4) is 11.1 Å². The highest BCUT2D eigenvalue weighted by Gasteiger charge is 2.17. The number of nitrogens with two attached hydrogens (primary N) is 1. The molecule has 7 nitrogen and oxygen atoms in total. The van der Waals surface area contributed by atoms with Gasteiger partial charge in [0.15, 0.2) is 0 Å². The number of primary amides is 1. The molecule has 31 heavy (non-hydrogen) atoms. The third kappa shape index (κ3) is 5.25. The highest BCUT2D eigenvalue weighted by atomic mass is 16.1. The van der Waals surface area contributed by atoms with Gasteiger partial charge in [0.05, 0.1) is 0 Å². The van der Waals surface area contributed by atoms with E-state index in [0.717, 1.165) is 61.5 Å². The summed E-state index contributed by atoms with van der Waals surface area (Å²) in [5.41, 5.74) is 9.95. The Labute approximate surface area is 182 Å². The van der Waals surface area contributed by atoms with Crippen LogP contribution in [0.3, 0.4) is 0 Å². The first-order chi connectivity index (χ1) is 15.1. The summed E-state index contributed by atoms with van der Waals surface area (Å²) in [6.45, 7) is 5.05. The number of amides is 1. The Kier molecular flexibility index (Phi) is 6.54. The van der Waals surface area contributed by atoms with Crippen LogP contribution >= 0.6 is 0 Å². The molecule has 1 aliphatic rings. The third-order valence-corrected chi connectivity index (χ3v) is 5.72. The van der Waals surface area contributed by atoms with E-state index < -0.39 is 5.91 Å². The Hall–Kier alpha value is -3.29. The molecule has 1 amide bonds. The van der Waals surface area contributed by atoms with Crippen LogP contribution in [0.2, 0.25) is 0 Å². The van der Waals surface area contributed by atoms with Crippen molar-refractivity contribution in [3.63, 3.8) is 0 Å². The molecule has 0 radical (unpaired) electrons. The zero-order valence-corrected chi connectivity index (χ0v) is 17.8. The van der Waals surface area contributed by atoms with Crippen molar-refractivity contribution < 1.29 is 4.79 Å². The lowest BCUT2D eigenvalue weighted by Gasteiger charge is -2.32. The molecule has 160 valence electrons. The predicted molar refractivity (Wildman–Crippen MR) is 123 cm³/mol. The minimum absolute atomic E-state index is 0.419. The summed E-state index contributed by atoms with van der Waals surface area (Å²) in [7, 11) is 2.14. The van der Waals surface area contributed by atoms with Crippen molar-refractivity contribution in [2.24, 2.45) is 5.73 Å². The van der Waals surface area contributed by atoms with Crippen molar-refractivity contribution in [1.29, 1.82) is 0 Å². The van der Waals surface area contributed by atoms with Gasteiger partial charge in [-0.2, -0.15) is 0 Å². The first-order valence-electron chi connectivity index (χ1n) is 10.6. The molecule has 1 aromatic heterocycles. The van der Waals surface area contributed by atoms with E-state index in [9.17, 15) is 4.79 Å². The topological polar surface area (TPSA) is 87.4 Å². The molecular formula is C24H28N6O. The minimum Gasteiger partial charge on any atom is -0.366 e. The maximum absolute atomic E-state index is 12.1. The van der Waals surface area contributed by atoms with Crippen LogP contribution in [-0.4, -0.2) is 65.4 Å². The Morgan fingerprint density at radius 1 is 0.968 bits per heavy atom. The number of hydrogen-bond acceptors (Lipinski definition) is 6. The first-order valence-corrected chi connectivity index (χ1v) is 10.6. The molecule has 0 saturated carbocycles. The third-order valence-electron chi connectivity index (χ3n) is 5.72. The highest BCUT2D eigenvalue weighted by molar-refractivity contribution is 5.96. The Morgan fingerprint density at radius 3 is 2.35 bits per heavy atom. The predicted octanol–water partition coefficient (Wildman–Crippen LogP) is 2.78. The molecule has 3 N–H and O–H groups in total. The van der Waals surface area contributed by atoms with Gasteiger partial charge in [-0.25, -0.2) is 9.97 Å². The maximum Gasteiger partial charge on any atom is 0.249 e. The number of carbonyl (C=O) groups excluding carboxylic acids is 1. The summed E-state index contributed by atoms with van der Waals surface area (Å²) in [4.78, 5) is 25.8. The molecule has 4 rings (SSSR count). The summed E-state index contributed by atoms with van der Waals surface area (Å²) in [6, 6.07) is 15.6. The van der Waals surface area contributed by atoms with E-state index in [-0.39, 0.29) is 0 Å². The number of likely N-dealkylation sites (N-methyl/N-ethyl adjacent to an activating group) is 1. The molecule has 7 heteroatoms. The van der Waals surface area contributed by atoms with Gasteiger partial charge in [-0.15, -0.1) is 0 Å². The molecular weight excluding hydrogens is 388 g/mol. The van der Waals surface area contributed by atoms with Gasteiger partial charge in [-0.05, 0) is 36.7 Å². The number of anilines is 2. The van der Waals surface area contributed by atoms with Crippen molar-refractivity contribution in [2.75, 3.05) is 45.1 Å². The number of hydrogen-bond donors (Lipinski definition) is 2. The standard InChI is InChI=1S/C24H28N6O/c1-29-12-14-30(15-13-29)11-10-20-21(23(25)31)8-5-9-22(20)28-24-26-16-19(17-27-24)18-6-3-2-4-7-18/h2-9,16-17H,10-15H2,1H3,(H2,25,31)(H,26,27,28). The van der Waals surface area contributed by atoms with Crippen LogP contribution in [0.4, 0.5) is 11.6 Å². The average Bonchev–Trinajstić information content (AvgIpc) is 2.80. The number of benzene rings is 2. The SMILES string of the molecule is CN1CCN(CCc2c(Nc3ncc(-c4ccccc4)cn3)cccc2C(N)=O)CC1. The van der Waals surface area contributed by atoms with Crippen LogP contribution in [0.25, 0.3) is 11.1 Å². The van der Waals surface area contributed by atoms with Crippen molar-refractivity contribution in [1.82, 2.24) is 19.8 Å². The van der Waals surface area contributed by atoms with Gasteiger partial charge in [0.25, 0.3) is 0 Å². The molecule has 1 aliphatic heterocycles. The molecule has 1 saturated heterocycles. The number of rotatable bonds is 7. The fourth-order valence-electron chi connectivity index (χ4n) is 3.84. The molecule has 1 fully saturated rings. The van der Waals surface area contributed by atoms with Gasteiger partial charge in [0, 0.05) is 61.9 Å². The second-order valence-electron chi connectivity index (χ2n) is 7.88. The summed E-state index contributed by atoms with van der Waals surface area (Å²) in [5.74, 6) is 0.0690. The van der Waals surface area contributed by atoms with Crippen LogP contribution < -0.4 is 11.1 Å². The largest absolute Gasteiger partial charge is 0.366 e. The molecule has 2 heterocycles. The van der Waals surface area contributed by atoms with E-state index in [1.165, 1.54) is 0 Å². The zero-order chi connectivity index (χ0) is 21.6. The zero-order valence-electron chi connectivity index (χ0n) is 17.8. The van der Waals surface area contributed by atoms with E-state index in [1.54, 1.807) is 18.5 Å². The first kappa shape index (κ1) is 21.0. The van der Waals surface area contributed by atoms with Gasteiger partial charge in [-0.3, -0.25) is 4.79 Å². The summed E-state index contributed by atoms with van der Waals surface area (Å²) < 4.78 is 0. The maximum atomic E-state index is 12.1. The molecule has 0 unspecified atom stereocenters. The van der Waals surface area contributed by atoms with E-state index in [1.807, 2.05) is 42.5 Å². The van der Waals surface area contributed by atoms with Gasteiger partial charge in [0.2, 0.25) is 11.9 Å². The Morgan fingerprint density at radius 2 is 1.68 bits per heavy atom. The van der Waals surface area contributed by atoms with Crippen molar-refractivity contribution in [3.05, 3.63) is 72.1 Å². The lowest BCUT2D eigenvalue weighted by Crippen LogP contribution is -2.45. The molecule has 0 spiro atoms. The van der Waals surface area contributed by atoms with Crippen LogP contribution in [0.5, 0.6) is 0 Å².